The van der Waals surface area contributed by atoms with Gasteiger partial charge < -0.3 is 15.0 Å². The summed E-state index contributed by atoms with van der Waals surface area (Å²) in [6.07, 6.45) is 2.24. The Balaban J connectivity index is 3.92. The van der Waals surface area contributed by atoms with Crippen LogP contribution in [-0.4, -0.2) is 51.1 Å². The third kappa shape index (κ3) is 6.19. The zero-order valence-corrected chi connectivity index (χ0v) is 10.4. The number of likely N-dealkylation sites (N-methyl/N-ethyl adjacent to an activating group) is 1. The third-order valence-electron chi connectivity index (χ3n) is 2.22. The molecule has 0 fully saturated rings. The second-order valence-corrected chi connectivity index (χ2v) is 3.56. The highest BCUT2D eigenvalue weighted by atomic mass is 16.5. The van der Waals surface area contributed by atoms with Gasteiger partial charge in [0.15, 0.2) is 0 Å². The number of hydrogen-bond acceptors (Lipinski definition) is 4. The molecule has 0 radical (unpaired) electrons. The lowest BCUT2D eigenvalue weighted by molar-refractivity contribution is -0.136. The van der Waals surface area contributed by atoms with Crippen molar-refractivity contribution in [2.45, 2.75) is 13.3 Å². The molecule has 0 aliphatic rings. The molecule has 1 N–H and O–H groups in total. The number of nitrogens with one attached hydrogen (secondary N) is 1. The summed E-state index contributed by atoms with van der Waals surface area (Å²) in [5.74, 6) is -0.305. The van der Waals surface area contributed by atoms with Crippen molar-refractivity contribution >= 4 is 11.9 Å². The van der Waals surface area contributed by atoms with Crippen LogP contribution in [0.4, 0.5) is 0 Å². The molecule has 0 atom stereocenters. The molecule has 5 heteroatoms. The quantitative estimate of drug-likeness (QED) is 0.520. The predicted octanol–water partition coefficient (Wildman–Crippen LogP) is 0.174. The van der Waals surface area contributed by atoms with Gasteiger partial charge >= 0.3 is 5.97 Å². The molecule has 0 unspecified atom stereocenters. The summed E-state index contributed by atoms with van der Waals surface area (Å²) in [6.45, 7) is 2.99. The van der Waals surface area contributed by atoms with E-state index in [0.29, 0.717) is 25.1 Å². The van der Waals surface area contributed by atoms with Crippen LogP contribution in [0.3, 0.4) is 0 Å². The average molecular weight is 228 g/mol. The smallest absolute Gasteiger partial charge is 0.333 e. The van der Waals surface area contributed by atoms with E-state index >= 15 is 0 Å². The molecule has 0 aromatic rings. The van der Waals surface area contributed by atoms with E-state index in [2.05, 4.69) is 10.1 Å². The Morgan fingerprint density at radius 1 is 1.44 bits per heavy atom. The van der Waals surface area contributed by atoms with E-state index in [-0.39, 0.29) is 11.9 Å². The van der Waals surface area contributed by atoms with E-state index in [4.69, 9.17) is 0 Å². The maximum Gasteiger partial charge on any atom is 0.333 e. The van der Waals surface area contributed by atoms with E-state index < -0.39 is 0 Å². The van der Waals surface area contributed by atoms with Gasteiger partial charge in [-0.25, -0.2) is 4.79 Å². The standard InChI is InChI=1S/C11H20N2O3/c1-9(11(15)16-4)5-7-13(3)8-6-10(14)12-2/h5H,6-8H2,1-4H3,(H,12,14)/b9-5-. The fourth-order valence-corrected chi connectivity index (χ4v) is 1.05. The van der Waals surface area contributed by atoms with Gasteiger partial charge in [-0.2, -0.15) is 0 Å². The van der Waals surface area contributed by atoms with Gasteiger partial charge in [0.2, 0.25) is 5.91 Å². The maximum atomic E-state index is 11.1. The summed E-state index contributed by atoms with van der Waals surface area (Å²) in [5, 5.41) is 2.56. The molecule has 0 saturated heterocycles. The minimum atomic E-state index is -0.320. The molecule has 0 rings (SSSR count). The van der Waals surface area contributed by atoms with E-state index in [1.807, 2.05) is 11.9 Å². The number of nitrogens with zero attached hydrogens (tertiary/aromatic N) is 1. The molecule has 1 amide bonds. The lowest BCUT2D eigenvalue weighted by Crippen LogP contribution is -2.26. The van der Waals surface area contributed by atoms with Crippen molar-refractivity contribution in [2.24, 2.45) is 0 Å². The molecule has 0 heterocycles. The Morgan fingerprint density at radius 2 is 2.06 bits per heavy atom. The fraction of sp³-hybridized carbons (Fsp3) is 0.636. The van der Waals surface area contributed by atoms with E-state index in [1.54, 1.807) is 20.0 Å². The molecule has 0 aromatic carbocycles. The second kappa shape index (κ2) is 7.87. The molecule has 0 bridgehead atoms. The highest BCUT2D eigenvalue weighted by Gasteiger charge is 2.04. The van der Waals surface area contributed by atoms with Crippen LogP contribution in [0.5, 0.6) is 0 Å². The fourth-order valence-electron chi connectivity index (χ4n) is 1.05. The second-order valence-electron chi connectivity index (χ2n) is 3.56. The monoisotopic (exact) mass is 228 g/mol. The number of ether oxygens (including phenoxy) is 1. The first-order chi connectivity index (χ1) is 7.51. The predicted molar refractivity (Wildman–Crippen MR) is 62.0 cm³/mol. The summed E-state index contributed by atoms with van der Waals surface area (Å²) in [4.78, 5) is 24.0. The lowest BCUT2D eigenvalue weighted by atomic mass is 10.2. The first-order valence-corrected chi connectivity index (χ1v) is 5.15. The molecule has 0 aromatic heterocycles. The number of esters is 1. The molecular formula is C11H20N2O3. The molecule has 0 saturated carbocycles. The molecular weight excluding hydrogens is 208 g/mol. The summed E-state index contributed by atoms with van der Waals surface area (Å²) in [7, 11) is 4.86. The highest BCUT2D eigenvalue weighted by Crippen LogP contribution is 1.97. The maximum absolute atomic E-state index is 11.1. The Morgan fingerprint density at radius 3 is 2.56 bits per heavy atom. The van der Waals surface area contributed by atoms with Crippen molar-refractivity contribution < 1.29 is 14.3 Å². The molecule has 16 heavy (non-hydrogen) atoms. The first-order valence-electron chi connectivity index (χ1n) is 5.15. The van der Waals surface area contributed by atoms with Crippen LogP contribution in [0.25, 0.3) is 0 Å². The van der Waals surface area contributed by atoms with E-state index in [9.17, 15) is 9.59 Å². The topological polar surface area (TPSA) is 58.6 Å². The largest absolute Gasteiger partial charge is 0.466 e. The summed E-state index contributed by atoms with van der Waals surface area (Å²) in [6, 6.07) is 0. The minimum absolute atomic E-state index is 0.0144. The van der Waals surface area contributed by atoms with Crippen LogP contribution in [0.1, 0.15) is 13.3 Å². The molecule has 92 valence electrons. The van der Waals surface area contributed by atoms with E-state index in [0.717, 1.165) is 0 Å². The zero-order valence-electron chi connectivity index (χ0n) is 10.4. The Hall–Kier alpha value is -1.36. The summed E-state index contributed by atoms with van der Waals surface area (Å²) < 4.78 is 4.57. The number of carbonyl (C=O) groups is 2. The first kappa shape index (κ1) is 14.6. The number of rotatable bonds is 6. The van der Waals surface area contributed by atoms with Crippen molar-refractivity contribution in [3.05, 3.63) is 11.6 Å². The van der Waals surface area contributed by atoms with E-state index in [1.165, 1.54) is 7.11 Å². The van der Waals surface area contributed by atoms with Gasteiger partial charge in [-0.05, 0) is 14.0 Å². The normalized spacial score (nSPS) is 11.4. The SMILES string of the molecule is CNC(=O)CCN(C)C/C=C(/C)C(=O)OC. The number of amides is 1. The van der Waals surface area contributed by atoms with Crippen LogP contribution in [-0.2, 0) is 14.3 Å². The molecule has 0 spiro atoms. The highest BCUT2D eigenvalue weighted by molar-refractivity contribution is 5.87. The molecule has 0 aliphatic carbocycles. The number of carbonyl (C=O) groups excluding carboxylic acids is 2. The van der Waals surface area contributed by atoms with Crippen molar-refractivity contribution in [2.75, 3.05) is 34.3 Å². The zero-order chi connectivity index (χ0) is 12.6. The van der Waals surface area contributed by atoms with Crippen LogP contribution in [0.2, 0.25) is 0 Å². The number of methoxy groups -OCH3 is 1. The van der Waals surface area contributed by atoms with Crippen molar-refractivity contribution in [3.8, 4) is 0 Å². The van der Waals surface area contributed by atoms with Crippen LogP contribution < -0.4 is 5.32 Å². The Kier molecular flexibility index (Phi) is 7.20. The Bertz CT molecular complexity index is 274. The summed E-state index contributed by atoms with van der Waals surface area (Å²) >= 11 is 0. The third-order valence-corrected chi connectivity index (χ3v) is 2.22. The lowest BCUT2D eigenvalue weighted by Gasteiger charge is -2.13. The Labute approximate surface area is 96.4 Å². The van der Waals surface area contributed by atoms with Crippen LogP contribution >= 0.6 is 0 Å². The van der Waals surface area contributed by atoms with Crippen molar-refractivity contribution in [3.63, 3.8) is 0 Å². The molecule has 5 nitrogen and oxygen atoms in total. The van der Waals surface area contributed by atoms with Crippen molar-refractivity contribution in [1.82, 2.24) is 10.2 Å². The summed E-state index contributed by atoms with van der Waals surface area (Å²) in [5.41, 5.74) is 0.578. The van der Waals surface area contributed by atoms with Crippen molar-refractivity contribution in [1.29, 1.82) is 0 Å². The van der Waals surface area contributed by atoms with Gasteiger partial charge in [0, 0.05) is 32.1 Å². The van der Waals surface area contributed by atoms with Crippen LogP contribution in [0, 0.1) is 0 Å². The minimum Gasteiger partial charge on any atom is -0.466 e. The van der Waals surface area contributed by atoms with Gasteiger partial charge in [0.05, 0.1) is 7.11 Å². The van der Waals surface area contributed by atoms with Gasteiger partial charge in [0.1, 0.15) is 0 Å². The van der Waals surface area contributed by atoms with Gasteiger partial charge in [-0.15, -0.1) is 0 Å². The van der Waals surface area contributed by atoms with Gasteiger partial charge in [-0.1, -0.05) is 6.08 Å². The molecule has 0 aliphatic heterocycles. The van der Waals surface area contributed by atoms with Crippen LogP contribution in [0.15, 0.2) is 11.6 Å². The van der Waals surface area contributed by atoms with Gasteiger partial charge in [0.25, 0.3) is 0 Å². The number of hydrogen-bond donors (Lipinski definition) is 1. The average Bonchev–Trinajstić information content (AvgIpc) is 2.31. The van der Waals surface area contributed by atoms with Gasteiger partial charge in [-0.3, -0.25) is 4.79 Å².